The fraction of sp³-hybridized carbons (Fsp3) is 0.161. The number of hydrogen-bond donors (Lipinski definition) is 0. The van der Waals surface area contributed by atoms with Gasteiger partial charge in [0.05, 0.1) is 30.5 Å². The van der Waals surface area contributed by atoms with Gasteiger partial charge in [-0.15, -0.1) is 0 Å². The Hall–Kier alpha value is -2.70. The number of aryl methyl sites for hydroxylation is 1. The van der Waals surface area contributed by atoms with E-state index in [-0.39, 0.29) is 11.6 Å². The molecule has 0 spiro atoms. The van der Waals surface area contributed by atoms with Gasteiger partial charge in [0.2, 0.25) is 0 Å². The van der Waals surface area contributed by atoms with Gasteiger partial charge in [-0.05, 0) is 111 Å². The lowest BCUT2D eigenvalue weighted by molar-refractivity contribution is 0.358. The summed E-state index contributed by atoms with van der Waals surface area (Å²) in [5.74, 6) is 1.60. The zero-order chi connectivity index (χ0) is 27.1. The Labute approximate surface area is 257 Å². The molecule has 2 heterocycles. The molecule has 8 heteroatoms. The Morgan fingerprint density at radius 1 is 1.10 bits per heavy atom. The molecule has 39 heavy (non-hydrogen) atoms. The number of thiazole rings is 1. The zero-order valence-electron chi connectivity index (χ0n) is 21.1. The predicted octanol–water partition coefficient (Wildman–Crippen LogP) is 6.10. The molecule has 0 fully saturated rings. The summed E-state index contributed by atoms with van der Waals surface area (Å²) in [5.41, 5.74) is 6.56. The van der Waals surface area contributed by atoms with Crippen LogP contribution in [0.3, 0.4) is 0 Å². The van der Waals surface area contributed by atoms with Gasteiger partial charge in [-0.1, -0.05) is 60.4 Å². The molecule has 0 amide bonds. The third-order valence-electron chi connectivity index (χ3n) is 6.95. The lowest BCUT2D eigenvalue weighted by Gasteiger charge is -2.31. The minimum absolute atomic E-state index is 0.0334. The summed E-state index contributed by atoms with van der Waals surface area (Å²) in [7, 11) is 1.67. The average Bonchev–Trinajstić information content (AvgIpc) is 3.25. The molecule has 0 radical (unpaired) electrons. The molecule has 4 aromatic rings. The molecule has 1 aromatic heterocycles. The fourth-order valence-electron chi connectivity index (χ4n) is 5.23. The number of ether oxygens (including phenoxy) is 2. The van der Waals surface area contributed by atoms with E-state index in [2.05, 4.69) is 82.1 Å². The number of aromatic nitrogens is 1. The van der Waals surface area contributed by atoms with Crippen molar-refractivity contribution in [3.63, 3.8) is 0 Å². The van der Waals surface area contributed by atoms with Gasteiger partial charge in [-0.2, -0.15) is 0 Å². The van der Waals surface area contributed by atoms with E-state index in [4.69, 9.17) is 14.5 Å². The van der Waals surface area contributed by atoms with E-state index in [0.717, 1.165) is 53.9 Å². The highest BCUT2D eigenvalue weighted by Crippen LogP contribution is 2.41. The van der Waals surface area contributed by atoms with Crippen LogP contribution in [-0.2, 0) is 6.42 Å². The number of hydrogen-bond acceptors (Lipinski definition) is 5. The summed E-state index contributed by atoms with van der Waals surface area (Å²) in [6.45, 7) is 4.18. The summed E-state index contributed by atoms with van der Waals surface area (Å²) < 4.78 is 15.9. The maximum absolute atomic E-state index is 14.0. The molecule has 0 saturated carbocycles. The van der Waals surface area contributed by atoms with E-state index in [1.807, 2.05) is 41.0 Å². The van der Waals surface area contributed by atoms with Gasteiger partial charge in [-0.25, -0.2) is 4.99 Å². The largest absolute Gasteiger partial charge is 0.497 e. The van der Waals surface area contributed by atoms with Gasteiger partial charge in [0.15, 0.2) is 4.80 Å². The fourth-order valence-corrected chi connectivity index (χ4v) is 8.36. The van der Waals surface area contributed by atoms with E-state index < -0.39 is 0 Å². The molecule has 3 aromatic carbocycles. The maximum atomic E-state index is 14.0. The number of allylic oxidation sites excluding steroid dienone is 1. The monoisotopic (exact) mass is 758 g/mol. The van der Waals surface area contributed by atoms with Crippen molar-refractivity contribution in [3.05, 3.63) is 128 Å². The molecular weight excluding hydrogens is 734 g/mol. The van der Waals surface area contributed by atoms with Crippen LogP contribution >= 0.6 is 56.5 Å². The van der Waals surface area contributed by atoms with E-state index in [0.29, 0.717) is 15.9 Å². The molecule has 2 aliphatic rings. The molecule has 5 nitrogen and oxygen atoms in total. The van der Waals surface area contributed by atoms with Crippen molar-refractivity contribution in [2.45, 2.75) is 18.9 Å². The van der Waals surface area contributed by atoms with Crippen molar-refractivity contribution in [1.29, 1.82) is 0 Å². The first kappa shape index (κ1) is 26.5. The molecule has 1 aliphatic carbocycles. The molecule has 196 valence electrons. The first-order chi connectivity index (χ1) is 19.0. The third kappa shape index (κ3) is 4.91. The second-order valence-corrected chi connectivity index (χ2v) is 12.6. The SMILES string of the molecule is C=CCOc1c(I)cc(/C=c2/sc3n(c2=O)[C@@H](c2cccc(OC)c2)C2=C(N=3)c3ccccc3CC2)cc1I. The first-order valence-corrected chi connectivity index (χ1v) is 15.5. The van der Waals surface area contributed by atoms with E-state index in [9.17, 15) is 4.79 Å². The lowest BCUT2D eigenvalue weighted by Crippen LogP contribution is -2.38. The van der Waals surface area contributed by atoms with Gasteiger partial charge < -0.3 is 9.47 Å². The molecule has 6 rings (SSSR count). The highest BCUT2D eigenvalue weighted by Gasteiger charge is 2.32. The molecule has 0 N–H and O–H groups in total. The van der Waals surface area contributed by atoms with Crippen LogP contribution in [0.15, 0.2) is 88.7 Å². The van der Waals surface area contributed by atoms with Gasteiger partial charge in [-0.3, -0.25) is 9.36 Å². The van der Waals surface area contributed by atoms with E-state index >= 15 is 0 Å². The highest BCUT2D eigenvalue weighted by molar-refractivity contribution is 14.1. The number of halogens is 2. The summed E-state index contributed by atoms with van der Waals surface area (Å²) in [4.78, 5) is 19.9. The normalized spacial score (nSPS) is 16.2. The average molecular weight is 758 g/mol. The predicted molar refractivity (Wildman–Crippen MR) is 173 cm³/mol. The van der Waals surface area contributed by atoms with Crippen LogP contribution in [0.1, 0.15) is 34.7 Å². The topological polar surface area (TPSA) is 52.8 Å². The summed E-state index contributed by atoms with van der Waals surface area (Å²) in [6, 6.07) is 20.3. The van der Waals surface area contributed by atoms with Gasteiger partial charge >= 0.3 is 0 Å². The van der Waals surface area contributed by atoms with E-state index in [1.54, 1.807) is 13.2 Å². The van der Waals surface area contributed by atoms with Gasteiger partial charge in [0.1, 0.15) is 18.1 Å². The second-order valence-electron chi connectivity index (χ2n) is 9.30. The molecule has 0 saturated heterocycles. The molecule has 0 unspecified atom stereocenters. The Morgan fingerprint density at radius 3 is 2.67 bits per heavy atom. The highest BCUT2D eigenvalue weighted by atomic mass is 127. The van der Waals surface area contributed by atoms with Crippen LogP contribution in [0.5, 0.6) is 11.5 Å². The second kappa shape index (κ2) is 11.1. The van der Waals surface area contributed by atoms with Crippen LogP contribution in [0.4, 0.5) is 0 Å². The third-order valence-corrected chi connectivity index (χ3v) is 9.53. The summed E-state index contributed by atoms with van der Waals surface area (Å²) in [6.07, 6.45) is 5.47. The van der Waals surface area contributed by atoms with Crippen LogP contribution < -0.4 is 24.4 Å². The molecule has 0 bridgehead atoms. The van der Waals surface area contributed by atoms with Crippen LogP contribution in [0.25, 0.3) is 11.8 Å². The zero-order valence-corrected chi connectivity index (χ0v) is 26.2. The summed E-state index contributed by atoms with van der Waals surface area (Å²) >= 11 is 6.00. The van der Waals surface area contributed by atoms with Crippen molar-refractivity contribution in [1.82, 2.24) is 4.57 Å². The van der Waals surface area contributed by atoms with Crippen molar-refractivity contribution in [2.24, 2.45) is 4.99 Å². The number of nitrogens with zero attached hydrogens (tertiary/aromatic N) is 2. The quantitative estimate of drug-likeness (QED) is 0.177. The Bertz CT molecular complexity index is 1810. The van der Waals surface area contributed by atoms with Crippen molar-refractivity contribution in [2.75, 3.05) is 13.7 Å². The number of fused-ring (bicyclic) bond motifs is 3. The van der Waals surface area contributed by atoms with Crippen molar-refractivity contribution >= 4 is 68.3 Å². The van der Waals surface area contributed by atoms with Gasteiger partial charge in [0.25, 0.3) is 5.56 Å². The molecular formula is C31H24I2N2O3S. The number of benzene rings is 3. The molecule has 1 aliphatic heterocycles. The number of methoxy groups -OCH3 is 1. The van der Waals surface area contributed by atoms with Crippen molar-refractivity contribution in [3.8, 4) is 11.5 Å². The Morgan fingerprint density at radius 2 is 1.90 bits per heavy atom. The minimum Gasteiger partial charge on any atom is -0.497 e. The number of rotatable bonds is 6. The Balaban J connectivity index is 1.55. The molecule has 1 atom stereocenters. The lowest BCUT2D eigenvalue weighted by atomic mass is 9.83. The summed E-state index contributed by atoms with van der Waals surface area (Å²) in [5, 5.41) is 0. The van der Waals surface area contributed by atoms with Crippen LogP contribution in [-0.4, -0.2) is 18.3 Å². The minimum atomic E-state index is -0.239. The van der Waals surface area contributed by atoms with Gasteiger partial charge in [0, 0.05) is 5.56 Å². The smallest absolute Gasteiger partial charge is 0.271 e. The standard InChI is InChI=1S/C31H24I2N2O3S/c1-3-13-38-29-24(32)14-18(15-25(29)33)16-26-30(36)35-28(20-8-6-9-21(17-20)37-2)23-12-11-19-7-4-5-10-22(19)27(23)34-31(35)39-26/h3-10,14-17,28H,1,11-13H2,2H3/b26-16+/t28-/m0/s1. The Kier molecular flexibility index (Phi) is 7.52. The van der Waals surface area contributed by atoms with E-state index in [1.165, 1.54) is 22.5 Å². The van der Waals surface area contributed by atoms with Crippen LogP contribution in [0, 0.1) is 7.14 Å². The van der Waals surface area contributed by atoms with Crippen LogP contribution in [0.2, 0.25) is 0 Å². The van der Waals surface area contributed by atoms with Crippen molar-refractivity contribution < 1.29 is 9.47 Å². The maximum Gasteiger partial charge on any atom is 0.271 e. The first-order valence-electron chi connectivity index (χ1n) is 12.5.